The lowest BCUT2D eigenvalue weighted by Crippen LogP contribution is -2.60. The van der Waals surface area contributed by atoms with Crippen LogP contribution in [0.25, 0.3) is 0 Å². The van der Waals surface area contributed by atoms with Gasteiger partial charge in [-0.15, -0.1) is 0 Å². The number of hydrogen-bond acceptors (Lipinski definition) is 3. The maximum atomic E-state index is 13.9. The van der Waals surface area contributed by atoms with Crippen molar-refractivity contribution < 1.29 is 19.5 Å². The zero-order valence-electron chi connectivity index (χ0n) is 20.1. The average Bonchev–Trinajstić information content (AvgIpc) is 2.82. The van der Waals surface area contributed by atoms with Crippen LogP contribution < -0.4 is 5.32 Å². The van der Waals surface area contributed by atoms with Crippen molar-refractivity contribution in [2.75, 3.05) is 0 Å². The molecule has 0 spiro atoms. The SMILES string of the molecule is CC1NC(=O)CCC2(C)C1CCC1(C)C3CCC4(C)CCC(C(=O)O)CC4C3=CC(=O)C12. The molecule has 1 aliphatic heterocycles. The van der Waals surface area contributed by atoms with Gasteiger partial charge in [-0.3, -0.25) is 14.4 Å². The second-order valence-corrected chi connectivity index (χ2v) is 12.6. The highest BCUT2D eigenvalue weighted by atomic mass is 16.4. The van der Waals surface area contributed by atoms with E-state index in [-0.39, 0.29) is 51.7 Å². The zero-order valence-corrected chi connectivity index (χ0v) is 20.1. The van der Waals surface area contributed by atoms with Crippen LogP contribution in [0.1, 0.15) is 85.5 Å². The number of hydrogen-bond donors (Lipinski definition) is 2. The monoisotopic (exact) mass is 441 g/mol. The molecule has 1 amide bonds. The summed E-state index contributed by atoms with van der Waals surface area (Å²) in [5.41, 5.74) is 1.11. The van der Waals surface area contributed by atoms with Crippen LogP contribution in [0.4, 0.5) is 0 Å². The first-order valence-corrected chi connectivity index (χ1v) is 12.8. The lowest BCUT2D eigenvalue weighted by Gasteiger charge is -2.63. The highest BCUT2D eigenvalue weighted by Crippen LogP contribution is 2.68. The van der Waals surface area contributed by atoms with Crippen molar-refractivity contribution >= 4 is 17.7 Å². The van der Waals surface area contributed by atoms with Gasteiger partial charge in [-0.2, -0.15) is 0 Å². The molecule has 0 aromatic carbocycles. The molecule has 1 heterocycles. The zero-order chi connectivity index (χ0) is 23.1. The fourth-order valence-electron chi connectivity index (χ4n) is 9.36. The van der Waals surface area contributed by atoms with E-state index in [0.717, 1.165) is 44.9 Å². The van der Waals surface area contributed by atoms with Gasteiger partial charge in [0.15, 0.2) is 5.78 Å². The quantitative estimate of drug-likeness (QED) is 0.615. The van der Waals surface area contributed by atoms with Gasteiger partial charge in [0, 0.05) is 18.4 Å². The first-order chi connectivity index (χ1) is 15.0. The third kappa shape index (κ3) is 2.98. The van der Waals surface area contributed by atoms with Gasteiger partial charge in [-0.05, 0) is 98.4 Å². The van der Waals surface area contributed by atoms with Crippen molar-refractivity contribution in [3.8, 4) is 0 Å². The van der Waals surface area contributed by atoms with Crippen LogP contribution in [-0.2, 0) is 14.4 Å². The van der Waals surface area contributed by atoms with E-state index < -0.39 is 5.97 Å². The normalized spacial score (nSPS) is 50.6. The van der Waals surface area contributed by atoms with Crippen molar-refractivity contribution in [1.82, 2.24) is 5.32 Å². The molecule has 0 aromatic heterocycles. The van der Waals surface area contributed by atoms with Crippen LogP contribution in [-0.4, -0.2) is 28.8 Å². The van der Waals surface area contributed by atoms with Gasteiger partial charge in [-0.1, -0.05) is 26.3 Å². The topological polar surface area (TPSA) is 83.5 Å². The number of carbonyl (C=O) groups is 3. The van der Waals surface area contributed by atoms with Gasteiger partial charge >= 0.3 is 5.97 Å². The van der Waals surface area contributed by atoms with Crippen LogP contribution in [0.15, 0.2) is 11.6 Å². The van der Waals surface area contributed by atoms with E-state index in [0.29, 0.717) is 24.7 Å². The van der Waals surface area contributed by atoms with Gasteiger partial charge < -0.3 is 10.4 Å². The van der Waals surface area contributed by atoms with E-state index in [1.807, 2.05) is 6.08 Å². The Morgan fingerprint density at radius 1 is 1.00 bits per heavy atom. The molecule has 176 valence electrons. The highest BCUT2D eigenvalue weighted by molar-refractivity contribution is 5.95. The van der Waals surface area contributed by atoms with E-state index >= 15 is 0 Å². The van der Waals surface area contributed by atoms with Crippen LogP contribution in [0, 0.1) is 45.8 Å². The van der Waals surface area contributed by atoms with Gasteiger partial charge in [0.2, 0.25) is 5.91 Å². The molecule has 5 nitrogen and oxygen atoms in total. The molecule has 0 radical (unpaired) electrons. The second kappa shape index (κ2) is 7.17. The maximum Gasteiger partial charge on any atom is 0.306 e. The van der Waals surface area contributed by atoms with Gasteiger partial charge in [-0.25, -0.2) is 0 Å². The predicted molar refractivity (Wildman–Crippen MR) is 122 cm³/mol. The summed E-state index contributed by atoms with van der Waals surface area (Å²) in [7, 11) is 0. The summed E-state index contributed by atoms with van der Waals surface area (Å²) in [6.07, 6.45) is 9.91. The summed E-state index contributed by atoms with van der Waals surface area (Å²) in [5, 5.41) is 12.9. The molecule has 5 rings (SSSR count). The molecule has 9 atom stereocenters. The number of fused-ring (bicyclic) bond motifs is 7. The van der Waals surface area contributed by atoms with Crippen molar-refractivity contribution in [3.63, 3.8) is 0 Å². The van der Waals surface area contributed by atoms with E-state index in [4.69, 9.17) is 0 Å². The maximum absolute atomic E-state index is 13.9. The molecule has 32 heavy (non-hydrogen) atoms. The number of rotatable bonds is 1. The van der Waals surface area contributed by atoms with Crippen molar-refractivity contribution in [2.24, 2.45) is 45.8 Å². The summed E-state index contributed by atoms with van der Waals surface area (Å²) in [6.45, 7) is 9.07. The minimum Gasteiger partial charge on any atom is -0.481 e. The molecule has 4 fully saturated rings. The van der Waals surface area contributed by atoms with Crippen molar-refractivity contribution in [3.05, 3.63) is 11.6 Å². The summed E-state index contributed by atoms with van der Waals surface area (Å²) in [6, 6.07) is 0.0991. The molecule has 3 saturated carbocycles. The predicted octanol–water partition coefficient (Wildman–Crippen LogP) is 4.75. The van der Waals surface area contributed by atoms with E-state index in [9.17, 15) is 19.5 Å². The molecule has 4 aliphatic carbocycles. The fraction of sp³-hybridized carbons (Fsp3) is 0.815. The van der Waals surface area contributed by atoms with Gasteiger partial charge in [0.25, 0.3) is 0 Å². The van der Waals surface area contributed by atoms with Crippen LogP contribution >= 0.6 is 0 Å². The Morgan fingerprint density at radius 2 is 1.72 bits per heavy atom. The molecule has 5 aliphatic rings. The molecule has 0 aromatic rings. The van der Waals surface area contributed by atoms with Crippen LogP contribution in [0.5, 0.6) is 0 Å². The highest BCUT2D eigenvalue weighted by Gasteiger charge is 2.64. The largest absolute Gasteiger partial charge is 0.481 e. The summed E-state index contributed by atoms with van der Waals surface area (Å²) in [4.78, 5) is 38.1. The fourth-order valence-corrected chi connectivity index (χ4v) is 9.36. The molecule has 5 heteroatoms. The number of carboxylic acids is 1. The number of carboxylic acid groups (broad SMARTS) is 1. The van der Waals surface area contributed by atoms with Gasteiger partial charge in [0.1, 0.15) is 0 Å². The number of allylic oxidation sites excluding steroid dienone is 2. The Balaban J connectivity index is 1.56. The Hall–Kier alpha value is -1.65. The molecule has 0 bridgehead atoms. The molecule has 9 unspecified atom stereocenters. The van der Waals surface area contributed by atoms with Crippen molar-refractivity contribution in [1.29, 1.82) is 0 Å². The third-order valence-electron chi connectivity index (χ3n) is 11.0. The number of carbonyl (C=O) groups excluding carboxylic acids is 2. The van der Waals surface area contributed by atoms with E-state index in [1.54, 1.807) is 0 Å². The Morgan fingerprint density at radius 3 is 2.44 bits per heavy atom. The standard InChI is InChI=1S/C27H39NO4/c1-15-18-7-11-27(4)19-6-10-25(2)9-5-16(24(31)32)13-20(25)17(19)14-21(29)23(27)26(18,3)12-8-22(30)28-15/h14-16,18-20,23H,5-13H2,1-4H3,(H,28,30)(H,31,32). The molecular formula is C27H39NO4. The lowest BCUT2D eigenvalue weighted by atomic mass is 9.40. The Labute approximate surface area is 191 Å². The molecule has 1 saturated heterocycles. The smallest absolute Gasteiger partial charge is 0.306 e. The Kier molecular flexibility index (Phi) is 4.97. The molecule has 2 N–H and O–H groups in total. The number of amides is 1. The minimum atomic E-state index is -0.682. The minimum absolute atomic E-state index is 0.0548. The van der Waals surface area contributed by atoms with E-state index in [2.05, 4.69) is 33.0 Å². The lowest BCUT2D eigenvalue weighted by molar-refractivity contribution is -0.152. The summed E-state index contributed by atoms with van der Waals surface area (Å²) < 4.78 is 0. The summed E-state index contributed by atoms with van der Waals surface area (Å²) >= 11 is 0. The van der Waals surface area contributed by atoms with Gasteiger partial charge in [0.05, 0.1) is 5.92 Å². The van der Waals surface area contributed by atoms with Crippen molar-refractivity contribution in [2.45, 2.75) is 91.5 Å². The van der Waals surface area contributed by atoms with E-state index in [1.165, 1.54) is 5.57 Å². The van der Waals surface area contributed by atoms with Crippen LogP contribution in [0.2, 0.25) is 0 Å². The first-order valence-electron chi connectivity index (χ1n) is 12.8. The number of nitrogens with one attached hydrogen (secondary N) is 1. The number of ketones is 1. The molecular weight excluding hydrogens is 402 g/mol. The summed E-state index contributed by atoms with van der Waals surface area (Å²) in [5.74, 6) is 0.223. The first kappa shape index (κ1) is 22.2. The average molecular weight is 442 g/mol. The Bertz CT molecular complexity index is 894. The third-order valence-corrected chi connectivity index (χ3v) is 11.0. The second-order valence-electron chi connectivity index (χ2n) is 12.6. The number of aliphatic carboxylic acids is 1. The van der Waals surface area contributed by atoms with Crippen LogP contribution in [0.3, 0.4) is 0 Å².